The number of aromatic nitrogens is 3. The molecule has 1 aliphatic rings. The summed E-state index contributed by atoms with van der Waals surface area (Å²) in [4.78, 5) is 15.8. The van der Waals surface area contributed by atoms with E-state index in [9.17, 15) is 0 Å². The van der Waals surface area contributed by atoms with Crippen molar-refractivity contribution in [2.24, 2.45) is 0 Å². The molecule has 1 aliphatic heterocycles. The van der Waals surface area contributed by atoms with Gasteiger partial charge < -0.3 is 20.7 Å². The average molecular weight is 330 g/mol. The Morgan fingerprint density at radius 1 is 1.21 bits per heavy atom. The lowest BCUT2D eigenvalue weighted by Crippen LogP contribution is -2.53. The summed E-state index contributed by atoms with van der Waals surface area (Å²) >= 11 is 0. The van der Waals surface area contributed by atoms with E-state index in [2.05, 4.69) is 39.3 Å². The molecule has 0 spiro atoms. The van der Waals surface area contributed by atoms with Crippen LogP contribution >= 0.6 is 0 Å². The number of anilines is 2. The van der Waals surface area contributed by atoms with E-state index in [0.717, 1.165) is 49.2 Å². The number of fused-ring (bicyclic) bond motifs is 1. The van der Waals surface area contributed by atoms with Crippen molar-refractivity contribution < 1.29 is 4.74 Å². The Morgan fingerprint density at radius 2 is 1.92 bits per heavy atom. The van der Waals surface area contributed by atoms with Crippen LogP contribution in [-0.2, 0) is 4.74 Å². The van der Waals surface area contributed by atoms with Gasteiger partial charge in [0.25, 0.3) is 0 Å². The highest BCUT2D eigenvalue weighted by Crippen LogP contribution is 2.27. The van der Waals surface area contributed by atoms with Gasteiger partial charge >= 0.3 is 0 Å². The molecule has 0 amide bonds. The Bertz CT molecular complexity index is 739. The van der Waals surface area contributed by atoms with E-state index < -0.39 is 0 Å². The van der Waals surface area contributed by atoms with E-state index in [-0.39, 0.29) is 5.54 Å². The highest BCUT2D eigenvalue weighted by molar-refractivity contribution is 5.89. The molecule has 1 saturated heterocycles. The van der Waals surface area contributed by atoms with Crippen molar-refractivity contribution in [3.63, 3.8) is 0 Å². The van der Waals surface area contributed by atoms with Gasteiger partial charge in [-0.25, -0.2) is 4.98 Å². The molecule has 130 valence electrons. The minimum absolute atomic E-state index is 0.0429. The summed E-state index contributed by atoms with van der Waals surface area (Å²) in [5.74, 6) is 1.00. The summed E-state index contributed by atoms with van der Waals surface area (Å²) in [6.45, 7) is 6.27. The van der Waals surface area contributed by atoms with E-state index in [0.29, 0.717) is 17.4 Å². The predicted molar refractivity (Wildman–Crippen MR) is 96.2 cm³/mol. The molecule has 3 N–H and O–H groups in total. The lowest BCUT2D eigenvalue weighted by Gasteiger charge is -2.42. The summed E-state index contributed by atoms with van der Waals surface area (Å²) in [6.07, 6.45) is 1.96. The largest absolute Gasteiger partial charge is 0.383 e. The van der Waals surface area contributed by atoms with Crippen LogP contribution in [0.25, 0.3) is 11.0 Å². The maximum absolute atomic E-state index is 6.15. The van der Waals surface area contributed by atoms with E-state index in [4.69, 9.17) is 10.5 Å². The van der Waals surface area contributed by atoms with Crippen LogP contribution in [0.5, 0.6) is 0 Å². The molecule has 0 unspecified atom stereocenters. The molecule has 0 aliphatic carbocycles. The molecule has 0 bridgehead atoms. The van der Waals surface area contributed by atoms with Gasteiger partial charge in [-0.3, -0.25) is 0 Å². The van der Waals surface area contributed by atoms with Gasteiger partial charge in [-0.15, -0.1) is 0 Å². The maximum Gasteiger partial charge on any atom is 0.226 e. The molecule has 3 rings (SSSR count). The fourth-order valence-electron chi connectivity index (χ4n) is 3.37. The molecule has 3 heterocycles. The Morgan fingerprint density at radius 3 is 2.58 bits per heavy atom. The van der Waals surface area contributed by atoms with E-state index in [1.54, 1.807) is 0 Å². The topological polar surface area (TPSA) is 89.2 Å². The Balaban J connectivity index is 1.87. The van der Waals surface area contributed by atoms with Crippen molar-refractivity contribution in [3.05, 3.63) is 17.3 Å². The van der Waals surface area contributed by atoms with Crippen LogP contribution in [0.15, 0.2) is 6.07 Å². The first-order valence-corrected chi connectivity index (χ1v) is 8.32. The fraction of sp³-hybridized carbons (Fsp3) is 0.588. The third kappa shape index (κ3) is 3.14. The average Bonchev–Trinajstić information content (AvgIpc) is 2.52. The van der Waals surface area contributed by atoms with Gasteiger partial charge in [-0.05, 0) is 52.4 Å². The second-order valence-electron chi connectivity index (χ2n) is 6.80. The number of aryl methyl sites for hydroxylation is 2. The standard InChI is InChI=1S/C17H26N6O/c1-11-9-12(2)20-15-13(11)14(18)21-16(22-15)19-10-17(23(3)4)5-7-24-8-6-17/h9H,5-8,10H2,1-4H3,(H3,18,19,20,21,22). The van der Waals surface area contributed by atoms with Crippen LogP contribution < -0.4 is 11.1 Å². The smallest absolute Gasteiger partial charge is 0.226 e. The van der Waals surface area contributed by atoms with Crippen molar-refractivity contribution in [2.75, 3.05) is 44.9 Å². The molecule has 7 heteroatoms. The van der Waals surface area contributed by atoms with Gasteiger partial charge in [-0.1, -0.05) is 0 Å². The summed E-state index contributed by atoms with van der Waals surface area (Å²) in [5, 5.41) is 4.20. The monoisotopic (exact) mass is 330 g/mol. The molecule has 0 radical (unpaired) electrons. The molecule has 7 nitrogen and oxygen atoms in total. The number of pyridine rings is 1. The van der Waals surface area contributed by atoms with Crippen LogP contribution in [0.1, 0.15) is 24.1 Å². The number of hydrogen-bond acceptors (Lipinski definition) is 7. The normalized spacial score (nSPS) is 17.4. The molecule has 2 aromatic heterocycles. The Labute approximate surface area is 142 Å². The van der Waals surface area contributed by atoms with E-state index >= 15 is 0 Å². The molecule has 0 aromatic carbocycles. The van der Waals surface area contributed by atoms with Gasteiger partial charge in [0.15, 0.2) is 5.65 Å². The minimum atomic E-state index is 0.0429. The lowest BCUT2D eigenvalue weighted by molar-refractivity contribution is -0.000700. The van der Waals surface area contributed by atoms with Crippen LogP contribution in [-0.4, -0.2) is 59.2 Å². The van der Waals surface area contributed by atoms with Gasteiger partial charge in [0, 0.05) is 31.0 Å². The lowest BCUT2D eigenvalue weighted by atomic mass is 9.88. The second kappa shape index (κ2) is 6.49. The number of hydrogen-bond donors (Lipinski definition) is 2. The second-order valence-corrected chi connectivity index (χ2v) is 6.80. The van der Waals surface area contributed by atoms with Crippen LogP contribution in [0.4, 0.5) is 11.8 Å². The summed E-state index contributed by atoms with van der Waals surface area (Å²) < 4.78 is 5.51. The highest BCUT2D eigenvalue weighted by atomic mass is 16.5. The Kier molecular flexibility index (Phi) is 4.56. The molecular weight excluding hydrogens is 304 g/mol. The summed E-state index contributed by atoms with van der Waals surface area (Å²) in [5.41, 5.74) is 8.82. The zero-order valence-electron chi connectivity index (χ0n) is 14.9. The molecule has 1 fully saturated rings. The first kappa shape index (κ1) is 16.9. The zero-order chi connectivity index (χ0) is 17.3. The van der Waals surface area contributed by atoms with Crippen molar-refractivity contribution in [1.29, 1.82) is 0 Å². The highest BCUT2D eigenvalue weighted by Gasteiger charge is 2.34. The number of nitrogen functional groups attached to an aromatic ring is 1. The summed E-state index contributed by atoms with van der Waals surface area (Å²) in [7, 11) is 4.22. The molecule has 0 atom stereocenters. The van der Waals surface area contributed by atoms with Crippen LogP contribution in [0, 0.1) is 13.8 Å². The van der Waals surface area contributed by atoms with Crippen LogP contribution in [0.3, 0.4) is 0 Å². The van der Waals surface area contributed by atoms with Crippen molar-refractivity contribution >= 4 is 22.8 Å². The van der Waals surface area contributed by atoms with Gasteiger partial charge in [-0.2, -0.15) is 9.97 Å². The number of nitrogens with two attached hydrogens (primary N) is 1. The van der Waals surface area contributed by atoms with Crippen LogP contribution in [0.2, 0.25) is 0 Å². The maximum atomic E-state index is 6.15. The van der Waals surface area contributed by atoms with Crippen molar-refractivity contribution in [3.8, 4) is 0 Å². The SMILES string of the molecule is Cc1cc(C)c2c(N)nc(NCC3(N(C)C)CCOCC3)nc2n1. The number of likely N-dealkylation sites (N-methyl/N-ethyl adjacent to an activating group) is 1. The third-order valence-electron chi connectivity index (χ3n) is 4.97. The van der Waals surface area contributed by atoms with Crippen molar-refractivity contribution in [2.45, 2.75) is 32.2 Å². The quantitative estimate of drug-likeness (QED) is 0.882. The number of nitrogens with zero attached hydrogens (tertiary/aromatic N) is 4. The van der Waals surface area contributed by atoms with Gasteiger partial charge in [0.05, 0.1) is 5.39 Å². The number of nitrogens with one attached hydrogen (secondary N) is 1. The number of rotatable bonds is 4. The zero-order valence-corrected chi connectivity index (χ0v) is 14.9. The third-order valence-corrected chi connectivity index (χ3v) is 4.97. The minimum Gasteiger partial charge on any atom is -0.383 e. The number of ether oxygens (including phenoxy) is 1. The molecule has 0 saturated carbocycles. The fourth-order valence-corrected chi connectivity index (χ4v) is 3.37. The van der Waals surface area contributed by atoms with Gasteiger partial charge in [0.1, 0.15) is 5.82 Å². The van der Waals surface area contributed by atoms with Gasteiger partial charge in [0.2, 0.25) is 5.95 Å². The van der Waals surface area contributed by atoms with E-state index in [1.165, 1.54) is 0 Å². The molecular formula is C17H26N6O. The van der Waals surface area contributed by atoms with E-state index in [1.807, 2.05) is 19.9 Å². The molecule has 24 heavy (non-hydrogen) atoms. The first-order chi connectivity index (χ1) is 11.4. The predicted octanol–water partition coefficient (Wildman–Crippen LogP) is 1.75. The first-order valence-electron chi connectivity index (χ1n) is 8.32. The Hall–Kier alpha value is -1.99. The molecule has 2 aromatic rings. The summed E-state index contributed by atoms with van der Waals surface area (Å²) in [6, 6.07) is 2.00. The van der Waals surface area contributed by atoms with Crippen molar-refractivity contribution in [1.82, 2.24) is 19.9 Å².